The van der Waals surface area contributed by atoms with Crippen molar-refractivity contribution >= 4 is 75.2 Å². The first kappa shape index (κ1) is 26.4. The lowest BCUT2D eigenvalue weighted by Crippen LogP contribution is -2.34. The maximum atomic E-state index is 11.8. The molecule has 12 nitrogen and oxygen atoms in total. The maximum absolute atomic E-state index is 11.8. The number of nitrogens with zero attached hydrogens (tertiary/aromatic N) is 4. The molecular formula is C19H21Cl4N5O7. The predicted octanol–water partition coefficient (Wildman–Crippen LogP) is 1.47. The fraction of sp³-hybridized carbons (Fsp3) is 0.632. The van der Waals surface area contributed by atoms with Gasteiger partial charge in [0.05, 0.1) is 24.1 Å². The summed E-state index contributed by atoms with van der Waals surface area (Å²) in [6.07, 6.45) is -0.295. The number of nitrogens with one attached hydrogen (secondary N) is 1. The summed E-state index contributed by atoms with van der Waals surface area (Å²) in [7, 11) is 0. The summed E-state index contributed by atoms with van der Waals surface area (Å²) in [5.41, 5.74) is 0.864. The van der Waals surface area contributed by atoms with Gasteiger partial charge in [0.2, 0.25) is 9.67 Å². The molecule has 4 rings (SSSR count). The topological polar surface area (TPSA) is 158 Å². The molecule has 1 aliphatic heterocycles. The highest BCUT2D eigenvalue weighted by atomic mass is 35.5. The molecule has 1 aliphatic carbocycles. The predicted molar refractivity (Wildman–Crippen MR) is 124 cm³/mol. The van der Waals surface area contributed by atoms with Crippen LogP contribution >= 0.6 is 46.4 Å². The lowest BCUT2D eigenvalue weighted by molar-refractivity contribution is -0.148. The molecule has 2 unspecified atom stereocenters. The van der Waals surface area contributed by atoms with Crippen LogP contribution in [-0.4, -0.2) is 88.6 Å². The normalized spacial score (nSPS) is 28.7. The molecular weight excluding hydrogens is 552 g/mol. The van der Waals surface area contributed by atoms with E-state index in [-0.39, 0.29) is 12.6 Å². The van der Waals surface area contributed by atoms with Crippen molar-refractivity contribution in [3.63, 3.8) is 0 Å². The van der Waals surface area contributed by atoms with Gasteiger partial charge in [0, 0.05) is 0 Å². The quantitative estimate of drug-likeness (QED) is 0.310. The Kier molecular flexibility index (Phi) is 8.41. The number of halogens is 4. The Hall–Kier alpha value is -1.67. The number of imidazole rings is 1. The number of hydrogen-bond donors (Lipinski definition) is 3. The van der Waals surface area contributed by atoms with Gasteiger partial charge in [-0.3, -0.25) is 4.57 Å². The molecule has 1 saturated heterocycles. The second kappa shape index (κ2) is 11.2. The summed E-state index contributed by atoms with van der Waals surface area (Å²) in [6, 6.07) is -0.266. The van der Waals surface area contributed by atoms with Crippen molar-refractivity contribution in [2.24, 2.45) is 0 Å². The van der Waals surface area contributed by atoms with Gasteiger partial charge in [-0.15, -0.1) is 5.10 Å². The number of aromatic nitrogens is 4. The van der Waals surface area contributed by atoms with E-state index in [0.717, 1.165) is 6.42 Å². The van der Waals surface area contributed by atoms with Crippen molar-refractivity contribution in [2.75, 3.05) is 11.9 Å². The molecule has 0 amide bonds. The molecule has 3 N–H and O–H groups in total. The van der Waals surface area contributed by atoms with Gasteiger partial charge in [-0.05, 0) is 19.3 Å². The van der Waals surface area contributed by atoms with Gasteiger partial charge in [0.1, 0.15) is 36.5 Å². The number of alkyl halides is 4. The van der Waals surface area contributed by atoms with E-state index in [9.17, 15) is 19.8 Å². The first-order valence-corrected chi connectivity index (χ1v) is 12.3. The third-order valence-corrected chi connectivity index (χ3v) is 6.51. The Morgan fingerprint density at radius 1 is 1.17 bits per heavy atom. The van der Waals surface area contributed by atoms with Gasteiger partial charge in [-0.2, -0.15) is 5.10 Å². The first-order valence-electron chi connectivity index (χ1n) is 10.6. The molecule has 2 fully saturated rings. The average molecular weight is 573 g/mol. The number of aliphatic hydroxyl groups is 2. The Labute approximate surface area is 218 Å². The summed E-state index contributed by atoms with van der Waals surface area (Å²) in [5.74, 6) is -1.29. The first-order chi connectivity index (χ1) is 16.7. The second-order valence-electron chi connectivity index (χ2n) is 8.01. The highest BCUT2D eigenvalue weighted by Crippen LogP contribution is 2.34. The Morgan fingerprint density at radius 2 is 1.91 bits per heavy atom. The molecule has 6 atom stereocenters. The van der Waals surface area contributed by atoms with E-state index in [1.54, 1.807) is 0 Å². The molecule has 0 spiro atoms. The fourth-order valence-corrected chi connectivity index (χ4v) is 4.33. The smallest absolute Gasteiger partial charge is 0.339 e. The van der Waals surface area contributed by atoms with E-state index in [1.165, 1.54) is 17.1 Å². The van der Waals surface area contributed by atoms with E-state index in [1.807, 2.05) is 0 Å². The van der Waals surface area contributed by atoms with Crippen LogP contribution < -0.4 is 5.32 Å². The van der Waals surface area contributed by atoms with Gasteiger partial charge in [0.25, 0.3) is 0 Å². The number of esters is 2. The molecule has 0 bridgehead atoms. The minimum absolute atomic E-state index is 0.266. The Morgan fingerprint density at radius 3 is 2.63 bits per heavy atom. The average Bonchev–Trinajstić information content (AvgIpc) is 3.51. The molecule has 0 aromatic carbocycles. The van der Waals surface area contributed by atoms with Crippen molar-refractivity contribution in [1.82, 2.24) is 19.7 Å². The number of carbonyl (C=O) groups excluding carboxylic acids is 2. The number of rotatable bonds is 8. The molecule has 1 saturated carbocycles. The van der Waals surface area contributed by atoms with E-state index in [0.29, 0.717) is 29.7 Å². The summed E-state index contributed by atoms with van der Waals surface area (Å²) >= 11 is 22.1. The van der Waals surface area contributed by atoms with Gasteiger partial charge >= 0.3 is 11.9 Å². The van der Waals surface area contributed by atoms with E-state index >= 15 is 0 Å². The van der Waals surface area contributed by atoms with Crippen molar-refractivity contribution in [3.05, 3.63) is 12.5 Å². The Balaban J connectivity index is 1.50. The molecule has 35 heavy (non-hydrogen) atoms. The van der Waals surface area contributed by atoms with Gasteiger partial charge in [-0.1, -0.05) is 46.4 Å². The number of aliphatic hydroxyl groups excluding tert-OH is 2. The van der Waals surface area contributed by atoms with Crippen molar-refractivity contribution < 1.29 is 34.0 Å². The Bertz CT molecular complexity index is 1070. The highest BCUT2D eigenvalue weighted by molar-refractivity contribution is 6.53. The monoisotopic (exact) mass is 571 g/mol. The van der Waals surface area contributed by atoms with Crippen molar-refractivity contribution in [1.29, 1.82) is 0 Å². The lowest BCUT2D eigenvalue weighted by Gasteiger charge is -2.22. The fourth-order valence-electron chi connectivity index (χ4n) is 4.10. The summed E-state index contributed by atoms with van der Waals surface area (Å²) in [4.78, 5) is 25.0. The van der Waals surface area contributed by atoms with Crippen LogP contribution in [0, 0.1) is 0 Å². The summed E-state index contributed by atoms with van der Waals surface area (Å²) in [6.45, 7) is -0.365. The number of carbonyl (C=O) groups is 2. The van der Waals surface area contributed by atoms with Crippen LogP contribution in [0.3, 0.4) is 0 Å². The number of ether oxygens (including phenoxy) is 3. The number of anilines is 1. The van der Waals surface area contributed by atoms with Crippen molar-refractivity contribution in [2.45, 2.75) is 65.6 Å². The van der Waals surface area contributed by atoms with Crippen LogP contribution in [-0.2, 0) is 23.8 Å². The highest BCUT2D eigenvalue weighted by Gasteiger charge is 2.45. The zero-order valence-electron chi connectivity index (χ0n) is 17.8. The zero-order chi connectivity index (χ0) is 25.3. The minimum atomic E-state index is -1.38. The third-order valence-electron chi connectivity index (χ3n) is 5.79. The summed E-state index contributed by atoms with van der Waals surface area (Å²) in [5, 5.41) is 32.2. The third kappa shape index (κ3) is 5.68. The second-order valence-corrected chi connectivity index (χ2v) is 10.2. The van der Waals surface area contributed by atoms with Crippen LogP contribution in [0.25, 0.3) is 11.0 Å². The van der Waals surface area contributed by atoms with E-state index < -0.39 is 52.3 Å². The van der Waals surface area contributed by atoms with Gasteiger partial charge in [-0.25, -0.2) is 14.6 Å². The molecule has 0 radical (unpaired) electrons. The van der Waals surface area contributed by atoms with Crippen molar-refractivity contribution in [3.8, 4) is 0 Å². The lowest BCUT2D eigenvalue weighted by atomic mass is 10.1. The van der Waals surface area contributed by atoms with Crippen LogP contribution in [0.4, 0.5) is 5.82 Å². The number of hydrogen-bond acceptors (Lipinski definition) is 11. The van der Waals surface area contributed by atoms with Crippen LogP contribution in [0.1, 0.15) is 25.5 Å². The number of fused-ring (bicyclic) bond motifs is 1. The molecule has 192 valence electrons. The molecule has 3 heterocycles. The van der Waals surface area contributed by atoms with E-state index in [2.05, 4.69) is 20.5 Å². The SMILES string of the molecule is O=C(OCC1OC(n2cnc3c(N[C@H]4CCC[C@@H]4OC(=O)C(Cl)Cl)nncc32)[C@H](O)[C@@H]1O)C(Cl)Cl. The standard InChI is InChI=1S/C19H21Cl4N5O7/c20-14(21)18(31)33-5-10-12(29)13(30)17(34-10)28-6-24-11-8(28)4-25-27-16(11)26-7-2-1-3-9(7)35-19(32)15(22)23/h4,6-7,9-10,12-15,17,29-30H,1-3,5H2,(H,26,27)/t7-,9-,10?,12+,13+,17?/m0/s1. The van der Waals surface area contributed by atoms with Crippen LogP contribution in [0.5, 0.6) is 0 Å². The molecule has 16 heteroatoms. The van der Waals surface area contributed by atoms with Crippen LogP contribution in [0.2, 0.25) is 0 Å². The summed E-state index contributed by atoms with van der Waals surface area (Å²) < 4.78 is 17.5. The molecule has 2 aromatic rings. The van der Waals surface area contributed by atoms with E-state index in [4.69, 9.17) is 60.6 Å². The van der Waals surface area contributed by atoms with Gasteiger partial charge < -0.3 is 29.7 Å². The maximum Gasteiger partial charge on any atom is 0.339 e. The van der Waals surface area contributed by atoms with Gasteiger partial charge in [0.15, 0.2) is 12.0 Å². The van der Waals surface area contributed by atoms with Crippen LogP contribution in [0.15, 0.2) is 12.5 Å². The molecule has 2 aromatic heterocycles. The largest absolute Gasteiger partial charge is 0.461 e. The minimum Gasteiger partial charge on any atom is -0.461 e. The molecule has 2 aliphatic rings. The zero-order valence-corrected chi connectivity index (χ0v) is 20.9.